The summed E-state index contributed by atoms with van der Waals surface area (Å²) in [5.74, 6) is 1.80. The van der Waals surface area contributed by atoms with Crippen molar-refractivity contribution >= 4 is 23.6 Å². The Morgan fingerprint density at radius 2 is 1.81 bits per heavy atom. The summed E-state index contributed by atoms with van der Waals surface area (Å²) in [6.07, 6.45) is 3.47. The molecule has 3 fully saturated rings. The van der Waals surface area contributed by atoms with E-state index in [0.717, 1.165) is 43.6 Å². The van der Waals surface area contributed by atoms with Crippen LogP contribution in [0.1, 0.15) is 31.4 Å². The van der Waals surface area contributed by atoms with Crippen molar-refractivity contribution in [3.8, 4) is 0 Å². The third-order valence-electron chi connectivity index (χ3n) is 5.43. The van der Waals surface area contributed by atoms with Crippen LogP contribution in [-0.4, -0.2) is 72.0 Å². The van der Waals surface area contributed by atoms with Crippen molar-refractivity contribution < 1.29 is 9.59 Å². The highest BCUT2D eigenvalue weighted by Gasteiger charge is 2.32. The molecule has 1 N–H and O–H groups in total. The zero-order chi connectivity index (χ0) is 18.1. The zero-order valence-corrected chi connectivity index (χ0v) is 15.3. The molecule has 8 nitrogen and oxygen atoms in total. The molecule has 4 heterocycles. The molecule has 0 aromatic carbocycles. The van der Waals surface area contributed by atoms with Gasteiger partial charge in [-0.2, -0.15) is 4.98 Å². The number of hydrogen-bond acceptors (Lipinski definition) is 6. The first-order valence-electron chi connectivity index (χ1n) is 9.54. The van der Waals surface area contributed by atoms with Crippen molar-refractivity contribution in [3.05, 3.63) is 11.8 Å². The highest BCUT2D eigenvalue weighted by molar-refractivity contribution is 5.90. The van der Waals surface area contributed by atoms with E-state index in [9.17, 15) is 9.59 Å². The van der Waals surface area contributed by atoms with E-state index in [1.54, 1.807) is 0 Å². The highest BCUT2D eigenvalue weighted by atomic mass is 16.2. The number of aromatic nitrogens is 2. The lowest BCUT2D eigenvalue weighted by Crippen LogP contribution is -2.53. The Balaban J connectivity index is 1.40. The van der Waals surface area contributed by atoms with Crippen LogP contribution in [0.2, 0.25) is 0 Å². The van der Waals surface area contributed by atoms with Gasteiger partial charge in [0.2, 0.25) is 17.8 Å². The maximum absolute atomic E-state index is 12.5. The predicted octanol–water partition coefficient (Wildman–Crippen LogP) is 0.312. The Kier molecular flexibility index (Phi) is 4.65. The third-order valence-corrected chi connectivity index (χ3v) is 5.43. The third kappa shape index (κ3) is 3.45. The molecular weight excluding hydrogens is 332 g/mol. The number of hydrogen-bond donors (Lipinski definition) is 1. The van der Waals surface area contributed by atoms with Crippen molar-refractivity contribution in [2.45, 2.75) is 38.6 Å². The molecule has 1 aromatic heterocycles. The van der Waals surface area contributed by atoms with Crippen LogP contribution >= 0.6 is 0 Å². The van der Waals surface area contributed by atoms with E-state index in [1.165, 1.54) is 12.8 Å². The normalized spacial score (nSPS) is 23.5. The van der Waals surface area contributed by atoms with Crippen LogP contribution in [-0.2, 0) is 9.59 Å². The van der Waals surface area contributed by atoms with Gasteiger partial charge >= 0.3 is 0 Å². The molecular formula is C18H26N6O2. The molecule has 1 unspecified atom stereocenters. The molecule has 0 saturated carbocycles. The number of amides is 2. The monoisotopic (exact) mass is 358 g/mol. The molecule has 0 radical (unpaired) electrons. The molecule has 8 heteroatoms. The van der Waals surface area contributed by atoms with Gasteiger partial charge in [-0.1, -0.05) is 0 Å². The predicted molar refractivity (Wildman–Crippen MR) is 98.2 cm³/mol. The number of rotatable bonds is 3. The van der Waals surface area contributed by atoms with Gasteiger partial charge in [-0.15, -0.1) is 0 Å². The molecule has 1 atom stereocenters. The summed E-state index contributed by atoms with van der Waals surface area (Å²) in [6.45, 7) is 6.88. The topological polar surface area (TPSA) is 81.7 Å². The van der Waals surface area contributed by atoms with Gasteiger partial charge in [-0.25, -0.2) is 4.98 Å². The largest absolute Gasteiger partial charge is 0.353 e. The first-order valence-corrected chi connectivity index (χ1v) is 9.54. The van der Waals surface area contributed by atoms with Gasteiger partial charge in [0.05, 0.1) is 0 Å². The maximum Gasteiger partial charge on any atom is 0.245 e. The van der Waals surface area contributed by atoms with Gasteiger partial charge in [0.25, 0.3) is 0 Å². The Morgan fingerprint density at radius 1 is 1.08 bits per heavy atom. The van der Waals surface area contributed by atoms with E-state index < -0.39 is 0 Å². The van der Waals surface area contributed by atoms with Crippen LogP contribution in [0.15, 0.2) is 6.07 Å². The van der Waals surface area contributed by atoms with Crippen molar-refractivity contribution in [2.75, 3.05) is 49.1 Å². The fraction of sp³-hybridized carbons (Fsp3) is 0.667. The molecule has 0 spiro atoms. The van der Waals surface area contributed by atoms with Crippen LogP contribution in [0.4, 0.5) is 11.8 Å². The van der Waals surface area contributed by atoms with Crippen molar-refractivity contribution in [1.29, 1.82) is 0 Å². The number of carbonyl (C=O) groups is 2. The molecule has 26 heavy (non-hydrogen) atoms. The highest BCUT2D eigenvalue weighted by Crippen LogP contribution is 2.22. The number of nitrogens with one attached hydrogen (secondary N) is 1. The van der Waals surface area contributed by atoms with Gasteiger partial charge < -0.3 is 20.0 Å². The summed E-state index contributed by atoms with van der Waals surface area (Å²) in [5, 5.41) is 2.77. The first kappa shape index (κ1) is 17.1. The standard InChI is InChI=1S/C18H26N6O2/c1-13-12-15(21-18(19-13)24-6-2-3-7-24)22-8-10-23(11-9-22)17(26)14-4-5-16(25)20-14/h12,14H,2-11H2,1H3,(H,20,25). The number of anilines is 2. The Hall–Kier alpha value is -2.38. The maximum atomic E-state index is 12.5. The van der Waals surface area contributed by atoms with Crippen LogP contribution < -0.4 is 15.1 Å². The summed E-state index contributed by atoms with van der Waals surface area (Å²) >= 11 is 0. The van der Waals surface area contributed by atoms with E-state index in [0.29, 0.717) is 25.9 Å². The second kappa shape index (κ2) is 7.09. The minimum absolute atomic E-state index is 0.0205. The lowest BCUT2D eigenvalue weighted by molar-refractivity contribution is -0.134. The SMILES string of the molecule is Cc1cc(N2CCN(C(=O)C3CCC(=O)N3)CC2)nc(N2CCCC2)n1. The van der Waals surface area contributed by atoms with Crippen LogP contribution in [0, 0.1) is 6.92 Å². The van der Waals surface area contributed by atoms with Gasteiger partial charge in [0, 0.05) is 57.4 Å². The molecule has 3 saturated heterocycles. The first-order chi connectivity index (χ1) is 12.6. The van der Waals surface area contributed by atoms with Gasteiger partial charge in [0.1, 0.15) is 11.9 Å². The van der Waals surface area contributed by atoms with Gasteiger partial charge in [-0.05, 0) is 26.2 Å². The lowest BCUT2D eigenvalue weighted by Gasteiger charge is -2.36. The Bertz CT molecular complexity index is 695. The minimum atomic E-state index is -0.336. The number of aryl methyl sites for hydroxylation is 1. The summed E-state index contributed by atoms with van der Waals surface area (Å²) in [7, 11) is 0. The molecule has 3 aliphatic heterocycles. The molecule has 1 aromatic rings. The number of piperazine rings is 1. The van der Waals surface area contributed by atoms with Crippen molar-refractivity contribution in [3.63, 3.8) is 0 Å². The summed E-state index contributed by atoms with van der Waals surface area (Å²) in [6, 6.07) is 1.69. The Labute approximate surface area is 153 Å². The van der Waals surface area contributed by atoms with Gasteiger partial charge in [0.15, 0.2) is 0 Å². The molecule has 3 aliphatic rings. The van der Waals surface area contributed by atoms with E-state index in [-0.39, 0.29) is 17.9 Å². The molecule has 0 aliphatic carbocycles. The van der Waals surface area contributed by atoms with Crippen LogP contribution in [0.5, 0.6) is 0 Å². The van der Waals surface area contributed by atoms with Crippen molar-refractivity contribution in [2.24, 2.45) is 0 Å². The molecule has 2 amide bonds. The second-order valence-corrected chi connectivity index (χ2v) is 7.33. The average Bonchev–Trinajstić information content (AvgIpc) is 3.32. The minimum Gasteiger partial charge on any atom is -0.353 e. The van der Waals surface area contributed by atoms with Gasteiger partial charge in [-0.3, -0.25) is 9.59 Å². The van der Waals surface area contributed by atoms with Crippen LogP contribution in [0.3, 0.4) is 0 Å². The van der Waals surface area contributed by atoms with E-state index in [2.05, 4.69) is 20.1 Å². The molecule has 140 valence electrons. The zero-order valence-electron chi connectivity index (χ0n) is 15.3. The van der Waals surface area contributed by atoms with E-state index >= 15 is 0 Å². The van der Waals surface area contributed by atoms with E-state index in [4.69, 9.17) is 4.98 Å². The number of nitrogens with zero attached hydrogens (tertiary/aromatic N) is 5. The second-order valence-electron chi connectivity index (χ2n) is 7.33. The van der Waals surface area contributed by atoms with Crippen molar-refractivity contribution in [1.82, 2.24) is 20.2 Å². The fourth-order valence-electron chi connectivity index (χ4n) is 3.93. The Morgan fingerprint density at radius 3 is 2.46 bits per heavy atom. The fourth-order valence-corrected chi connectivity index (χ4v) is 3.93. The average molecular weight is 358 g/mol. The molecule has 4 rings (SSSR count). The lowest BCUT2D eigenvalue weighted by atomic mass is 10.2. The summed E-state index contributed by atoms with van der Waals surface area (Å²) in [5.41, 5.74) is 0.976. The smallest absolute Gasteiger partial charge is 0.245 e. The van der Waals surface area contributed by atoms with E-state index in [1.807, 2.05) is 17.9 Å². The quantitative estimate of drug-likeness (QED) is 0.838. The summed E-state index contributed by atoms with van der Waals surface area (Å²) < 4.78 is 0. The summed E-state index contributed by atoms with van der Waals surface area (Å²) in [4.78, 5) is 39.6. The number of carbonyl (C=O) groups excluding carboxylic acids is 2. The van der Waals surface area contributed by atoms with Crippen LogP contribution in [0.25, 0.3) is 0 Å². The molecule has 0 bridgehead atoms.